The van der Waals surface area contributed by atoms with Crippen molar-refractivity contribution in [1.82, 2.24) is 4.72 Å². The molecule has 0 aliphatic rings. The van der Waals surface area contributed by atoms with Crippen LogP contribution < -0.4 is 4.72 Å². The summed E-state index contributed by atoms with van der Waals surface area (Å²) in [6.07, 6.45) is 0. The minimum atomic E-state index is -4.17. The van der Waals surface area contributed by atoms with Gasteiger partial charge in [-0.1, -0.05) is 0 Å². The predicted molar refractivity (Wildman–Crippen MR) is 57.8 cm³/mol. The molecule has 7 heteroatoms. The molecule has 0 saturated heterocycles. The Balaban J connectivity index is 3.02. The van der Waals surface area contributed by atoms with E-state index in [0.29, 0.717) is 6.07 Å². The first kappa shape index (κ1) is 14.0. The van der Waals surface area contributed by atoms with Gasteiger partial charge in [-0.2, -0.15) is 0 Å². The molecule has 0 unspecified atom stereocenters. The highest BCUT2D eigenvalue weighted by molar-refractivity contribution is 7.89. The van der Waals surface area contributed by atoms with Crippen LogP contribution in [0.4, 0.5) is 8.78 Å². The van der Waals surface area contributed by atoms with Crippen molar-refractivity contribution < 1.29 is 22.3 Å². The van der Waals surface area contributed by atoms with E-state index in [0.717, 1.165) is 12.1 Å². The maximum atomic E-state index is 13.2. The summed E-state index contributed by atoms with van der Waals surface area (Å²) >= 11 is 0. The fourth-order valence-corrected chi connectivity index (χ4v) is 2.32. The number of nitrogens with one attached hydrogen (secondary N) is 1. The molecule has 96 valence electrons. The molecule has 2 N–H and O–H groups in total. The summed E-state index contributed by atoms with van der Waals surface area (Å²) in [5.41, 5.74) is -1.28. The van der Waals surface area contributed by atoms with E-state index in [-0.39, 0.29) is 6.54 Å². The Morgan fingerprint density at radius 3 is 2.47 bits per heavy atom. The molecular formula is C10H13F2NO3S. The molecule has 0 atom stereocenters. The van der Waals surface area contributed by atoms with Gasteiger partial charge in [0.15, 0.2) is 0 Å². The van der Waals surface area contributed by atoms with E-state index in [1.165, 1.54) is 13.8 Å². The fraction of sp³-hybridized carbons (Fsp3) is 0.400. The van der Waals surface area contributed by atoms with Gasteiger partial charge in [0, 0.05) is 6.54 Å². The molecule has 17 heavy (non-hydrogen) atoms. The van der Waals surface area contributed by atoms with Crippen LogP contribution in [0.3, 0.4) is 0 Å². The average molecular weight is 265 g/mol. The highest BCUT2D eigenvalue weighted by atomic mass is 32.2. The van der Waals surface area contributed by atoms with Gasteiger partial charge < -0.3 is 5.11 Å². The molecule has 0 aliphatic carbocycles. The molecule has 0 saturated carbocycles. The van der Waals surface area contributed by atoms with Crippen LogP contribution in [-0.4, -0.2) is 25.7 Å². The van der Waals surface area contributed by atoms with E-state index in [1.807, 2.05) is 4.72 Å². The fourth-order valence-electron chi connectivity index (χ4n) is 1.03. The third kappa shape index (κ3) is 4.03. The maximum Gasteiger partial charge on any atom is 0.243 e. The normalized spacial score (nSPS) is 12.8. The van der Waals surface area contributed by atoms with Crippen LogP contribution in [0.15, 0.2) is 23.1 Å². The summed E-state index contributed by atoms with van der Waals surface area (Å²) < 4.78 is 51.3. The Morgan fingerprint density at radius 2 is 1.94 bits per heavy atom. The number of rotatable bonds is 4. The van der Waals surface area contributed by atoms with Crippen molar-refractivity contribution in [3.63, 3.8) is 0 Å². The highest BCUT2D eigenvalue weighted by Crippen LogP contribution is 2.15. The van der Waals surface area contributed by atoms with E-state index in [1.54, 1.807) is 0 Å². The van der Waals surface area contributed by atoms with Gasteiger partial charge >= 0.3 is 0 Å². The van der Waals surface area contributed by atoms with Crippen molar-refractivity contribution >= 4 is 10.0 Å². The van der Waals surface area contributed by atoms with Gasteiger partial charge in [0.25, 0.3) is 0 Å². The van der Waals surface area contributed by atoms with Crippen LogP contribution in [0.5, 0.6) is 0 Å². The van der Waals surface area contributed by atoms with Crippen molar-refractivity contribution in [2.24, 2.45) is 0 Å². The topological polar surface area (TPSA) is 66.4 Å². The summed E-state index contributed by atoms with van der Waals surface area (Å²) in [7, 11) is -4.17. The Kier molecular flexibility index (Phi) is 3.85. The van der Waals surface area contributed by atoms with Crippen LogP contribution in [0.2, 0.25) is 0 Å². The largest absolute Gasteiger partial charge is 0.389 e. The average Bonchev–Trinajstić information content (AvgIpc) is 2.18. The van der Waals surface area contributed by atoms with Crippen LogP contribution >= 0.6 is 0 Å². The van der Waals surface area contributed by atoms with Gasteiger partial charge in [-0.05, 0) is 32.0 Å². The molecular weight excluding hydrogens is 252 g/mol. The first-order valence-electron chi connectivity index (χ1n) is 4.79. The number of halogens is 2. The molecule has 0 fully saturated rings. The van der Waals surface area contributed by atoms with E-state index >= 15 is 0 Å². The van der Waals surface area contributed by atoms with Crippen LogP contribution in [0.25, 0.3) is 0 Å². The zero-order chi connectivity index (χ0) is 13.3. The van der Waals surface area contributed by atoms with Gasteiger partial charge in [-0.15, -0.1) is 0 Å². The van der Waals surface area contributed by atoms with Gasteiger partial charge in [0.1, 0.15) is 16.5 Å². The maximum absolute atomic E-state index is 13.2. The molecule has 0 bridgehead atoms. The van der Waals surface area contributed by atoms with Crippen molar-refractivity contribution in [2.75, 3.05) is 6.54 Å². The summed E-state index contributed by atoms with van der Waals surface area (Å²) in [6.45, 7) is 2.47. The molecule has 0 spiro atoms. The first-order chi connectivity index (χ1) is 7.62. The second-order valence-corrected chi connectivity index (χ2v) is 5.95. The van der Waals surface area contributed by atoms with E-state index in [2.05, 4.69) is 0 Å². The molecule has 1 aromatic carbocycles. The summed E-state index contributed by atoms with van der Waals surface area (Å²) in [4.78, 5) is -0.776. The summed E-state index contributed by atoms with van der Waals surface area (Å²) in [6, 6.07) is 2.14. The zero-order valence-electron chi connectivity index (χ0n) is 9.37. The third-order valence-electron chi connectivity index (χ3n) is 1.88. The van der Waals surface area contributed by atoms with E-state index < -0.39 is 32.2 Å². The van der Waals surface area contributed by atoms with Crippen LogP contribution in [0.1, 0.15) is 13.8 Å². The monoisotopic (exact) mass is 265 g/mol. The lowest BCUT2D eigenvalue weighted by molar-refractivity contribution is 0.0857. The Bertz CT molecular complexity index is 509. The van der Waals surface area contributed by atoms with Gasteiger partial charge in [0.2, 0.25) is 10.0 Å². The predicted octanol–water partition coefficient (Wildman–Crippen LogP) is 1.01. The molecule has 1 rings (SSSR count). The summed E-state index contributed by atoms with van der Waals surface area (Å²) in [5, 5.41) is 9.36. The third-order valence-corrected chi connectivity index (χ3v) is 3.29. The number of aliphatic hydroxyl groups is 1. The first-order valence-corrected chi connectivity index (χ1v) is 6.27. The van der Waals surface area contributed by atoms with Crippen LogP contribution in [0, 0.1) is 11.6 Å². The molecule has 0 aliphatic heterocycles. The Labute approximate surface area is 98.3 Å². The second kappa shape index (κ2) is 4.67. The minimum absolute atomic E-state index is 0.300. The zero-order valence-corrected chi connectivity index (χ0v) is 10.2. The van der Waals surface area contributed by atoms with Gasteiger partial charge in [-0.3, -0.25) is 0 Å². The number of hydrogen-bond acceptors (Lipinski definition) is 3. The van der Waals surface area contributed by atoms with Crippen molar-refractivity contribution in [3.8, 4) is 0 Å². The van der Waals surface area contributed by atoms with Crippen molar-refractivity contribution in [1.29, 1.82) is 0 Å². The number of sulfonamides is 1. The molecule has 0 radical (unpaired) electrons. The Hall–Kier alpha value is -1.05. The standard InChI is InChI=1S/C10H13F2NO3S/c1-10(2,14)6-13-17(15,16)9-5-7(11)3-4-8(9)12/h3-5,13-14H,6H2,1-2H3. The SMILES string of the molecule is CC(C)(O)CNS(=O)(=O)c1cc(F)ccc1F. The molecule has 0 amide bonds. The smallest absolute Gasteiger partial charge is 0.243 e. The quantitative estimate of drug-likeness (QED) is 0.854. The Morgan fingerprint density at radius 1 is 1.35 bits per heavy atom. The number of benzene rings is 1. The lowest BCUT2D eigenvalue weighted by Gasteiger charge is -2.17. The molecule has 1 aromatic rings. The minimum Gasteiger partial charge on any atom is -0.389 e. The van der Waals surface area contributed by atoms with E-state index in [9.17, 15) is 22.3 Å². The summed E-state index contributed by atoms with van der Waals surface area (Å²) in [5.74, 6) is -1.90. The molecule has 0 heterocycles. The van der Waals surface area contributed by atoms with Crippen LogP contribution in [-0.2, 0) is 10.0 Å². The van der Waals surface area contributed by atoms with Gasteiger partial charge in [-0.25, -0.2) is 21.9 Å². The van der Waals surface area contributed by atoms with Crippen molar-refractivity contribution in [2.45, 2.75) is 24.3 Å². The van der Waals surface area contributed by atoms with Gasteiger partial charge in [0.05, 0.1) is 5.60 Å². The lowest BCUT2D eigenvalue weighted by Crippen LogP contribution is -2.38. The second-order valence-electron chi connectivity index (χ2n) is 4.21. The highest BCUT2D eigenvalue weighted by Gasteiger charge is 2.23. The number of hydrogen-bond donors (Lipinski definition) is 2. The van der Waals surface area contributed by atoms with Crippen molar-refractivity contribution in [3.05, 3.63) is 29.8 Å². The molecule has 4 nitrogen and oxygen atoms in total. The van der Waals surface area contributed by atoms with E-state index in [4.69, 9.17) is 0 Å². The molecule has 0 aromatic heterocycles. The lowest BCUT2D eigenvalue weighted by atomic mass is 10.1.